The second-order valence-electron chi connectivity index (χ2n) is 7.89. The molecule has 1 atom stereocenters. The molecule has 0 aliphatic rings. The minimum Gasteiger partial charge on any atom is -0.363 e. The van der Waals surface area contributed by atoms with Gasteiger partial charge in [-0.25, -0.2) is 4.98 Å². The van der Waals surface area contributed by atoms with Crippen molar-refractivity contribution in [3.05, 3.63) is 17.0 Å². The Morgan fingerprint density at radius 1 is 1.17 bits per heavy atom. The molecule has 8 nitrogen and oxygen atoms in total. The first-order chi connectivity index (χ1) is 13.5. The molecule has 0 bridgehead atoms. The molecule has 1 aromatic heterocycles. The van der Waals surface area contributed by atoms with Crippen LogP contribution in [0.15, 0.2) is 6.20 Å². The Labute approximate surface area is 178 Å². The molecule has 0 fully saturated rings. The van der Waals surface area contributed by atoms with E-state index >= 15 is 0 Å². The van der Waals surface area contributed by atoms with Crippen LogP contribution in [0.3, 0.4) is 0 Å². The van der Waals surface area contributed by atoms with Gasteiger partial charge in [-0.15, -0.1) is 0 Å². The largest absolute Gasteiger partial charge is 0.363 e. The zero-order chi connectivity index (χ0) is 22.1. The second kappa shape index (κ2) is 11.6. The third kappa shape index (κ3) is 10.8. The number of anilines is 1. The van der Waals surface area contributed by atoms with E-state index < -0.39 is 23.8 Å². The van der Waals surface area contributed by atoms with Gasteiger partial charge in [0.1, 0.15) is 5.82 Å². The molecule has 0 radical (unpaired) electrons. The smallest absolute Gasteiger partial charge is 0.224 e. The van der Waals surface area contributed by atoms with E-state index in [4.69, 9.17) is 25.8 Å². The van der Waals surface area contributed by atoms with Crippen molar-refractivity contribution in [2.24, 2.45) is 0 Å². The molecule has 1 unspecified atom stereocenters. The molecule has 29 heavy (non-hydrogen) atoms. The summed E-state index contributed by atoms with van der Waals surface area (Å²) in [5.41, 5.74) is -0.418. The van der Waals surface area contributed by atoms with Crippen LogP contribution in [0.2, 0.25) is 5.28 Å². The first kappa shape index (κ1) is 25.6. The van der Waals surface area contributed by atoms with Crippen molar-refractivity contribution < 1.29 is 19.3 Å². The van der Waals surface area contributed by atoms with Gasteiger partial charge < -0.3 is 24.6 Å². The van der Waals surface area contributed by atoms with Crippen LogP contribution in [0.1, 0.15) is 54.0 Å². The fourth-order valence-corrected chi connectivity index (χ4v) is 2.33. The van der Waals surface area contributed by atoms with E-state index in [1.54, 1.807) is 6.20 Å². The number of hydrogen-bond donors (Lipinski definition) is 3. The summed E-state index contributed by atoms with van der Waals surface area (Å²) in [5, 5.41) is 16.3. The fourth-order valence-electron chi connectivity index (χ4n) is 2.20. The highest BCUT2D eigenvalue weighted by Crippen LogP contribution is 2.19. The summed E-state index contributed by atoms with van der Waals surface area (Å²) in [6, 6.07) is 0. The molecule has 0 saturated heterocycles. The van der Waals surface area contributed by atoms with Gasteiger partial charge in [-0.2, -0.15) is 4.98 Å². The van der Waals surface area contributed by atoms with Crippen molar-refractivity contribution in [2.75, 3.05) is 25.1 Å². The van der Waals surface area contributed by atoms with Crippen LogP contribution in [0.5, 0.6) is 0 Å². The first-order valence-electron chi connectivity index (χ1n) is 9.60. The van der Waals surface area contributed by atoms with E-state index in [1.807, 2.05) is 48.5 Å². The number of aliphatic hydroxyl groups is 1. The van der Waals surface area contributed by atoms with Crippen LogP contribution < -0.4 is 10.6 Å². The van der Waals surface area contributed by atoms with Gasteiger partial charge in [0.05, 0.1) is 11.2 Å². The molecule has 1 heterocycles. The van der Waals surface area contributed by atoms with Crippen molar-refractivity contribution in [1.82, 2.24) is 15.3 Å². The fraction of sp³-hybridized carbons (Fsp3) is 0.700. The predicted octanol–water partition coefficient (Wildman–Crippen LogP) is 2.75. The zero-order valence-electron chi connectivity index (χ0n) is 18.3. The predicted molar refractivity (Wildman–Crippen MR) is 114 cm³/mol. The molecule has 9 heteroatoms. The maximum absolute atomic E-state index is 10.0. The minimum absolute atomic E-state index is 0.101. The minimum atomic E-state index is -1.09. The molecule has 0 aliphatic carbocycles. The number of aromatic nitrogens is 2. The third-order valence-electron chi connectivity index (χ3n) is 3.36. The van der Waals surface area contributed by atoms with Crippen molar-refractivity contribution >= 4 is 17.4 Å². The van der Waals surface area contributed by atoms with Gasteiger partial charge in [0.25, 0.3) is 0 Å². The summed E-state index contributed by atoms with van der Waals surface area (Å²) < 4.78 is 16.3. The maximum Gasteiger partial charge on any atom is 0.224 e. The van der Waals surface area contributed by atoms with Gasteiger partial charge in [0.15, 0.2) is 0 Å². The Hall–Kier alpha value is -1.47. The van der Waals surface area contributed by atoms with Gasteiger partial charge in [-0.05, 0) is 66.0 Å². The molecular weight excluding hydrogens is 396 g/mol. The Morgan fingerprint density at radius 3 is 2.34 bits per heavy atom. The highest BCUT2D eigenvalue weighted by atomic mass is 35.5. The maximum atomic E-state index is 10.0. The molecule has 0 spiro atoms. The lowest BCUT2D eigenvalue weighted by molar-refractivity contribution is -0.182. The van der Waals surface area contributed by atoms with Crippen LogP contribution in [0.4, 0.5) is 5.82 Å². The van der Waals surface area contributed by atoms with Gasteiger partial charge >= 0.3 is 0 Å². The standard InChI is InChI=1S/C20H33ClN4O4/c1-8-27-15(28-9-2)11-10-14-12-22-17(21)24-16(14)25-20(6,7)13-23-18(26)29-19(3,4)5/h12,15,18,23,26H,8-9,13H2,1-7H3,(H,22,24,25). The van der Waals surface area contributed by atoms with Gasteiger partial charge in [-0.3, -0.25) is 5.32 Å². The summed E-state index contributed by atoms with van der Waals surface area (Å²) in [6.07, 6.45) is -0.184. The molecule has 0 amide bonds. The van der Waals surface area contributed by atoms with Crippen LogP contribution in [-0.4, -0.2) is 58.7 Å². The zero-order valence-corrected chi connectivity index (χ0v) is 19.1. The number of nitrogens with zero attached hydrogens (tertiary/aromatic N) is 2. The quantitative estimate of drug-likeness (QED) is 0.297. The van der Waals surface area contributed by atoms with Gasteiger partial charge in [0.2, 0.25) is 18.0 Å². The van der Waals surface area contributed by atoms with Crippen LogP contribution in [-0.2, 0) is 14.2 Å². The normalized spacial score (nSPS) is 13.2. The lowest BCUT2D eigenvalue weighted by Gasteiger charge is -2.31. The third-order valence-corrected chi connectivity index (χ3v) is 3.54. The van der Waals surface area contributed by atoms with Crippen molar-refractivity contribution in [1.29, 1.82) is 0 Å². The summed E-state index contributed by atoms with van der Waals surface area (Å²) >= 11 is 5.97. The summed E-state index contributed by atoms with van der Waals surface area (Å²) in [7, 11) is 0. The van der Waals surface area contributed by atoms with Gasteiger partial charge in [0, 0.05) is 31.5 Å². The van der Waals surface area contributed by atoms with Crippen LogP contribution >= 0.6 is 11.6 Å². The number of halogens is 1. The molecule has 1 rings (SSSR count). The molecule has 3 N–H and O–H groups in total. The average Bonchev–Trinajstić information content (AvgIpc) is 2.58. The van der Waals surface area contributed by atoms with Crippen molar-refractivity contribution in [2.45, 2.75) is 72.3 Å². The molecule has 0 aliphatic heterocycles. The Kier molecular flexibility index (Phi) is 10.3. The van der Waals surface area contributed by atoms with E-state index in [0.717, 1.165) is 0 Å². The van der Waals surface area contributed by atoms with E-state index in [2.05, 4.69) is 32.4 Å². The number of aliphatic hydroxyl groups excluding tert-OH is 1. The Balaban J connectivity index is 2.91. The summed E-state index contributed by atoms with van der Waals surface area (Å²) in [6.45, 7) is 14.6. The molecule has 164 valence electrons. The number of ether oxygens (including phenoxy) is 3. The lowest BCUT2D eigenvalue weighted by Crippen LogP contribution is -2.48. The molecule has 0 saturated carbocycles. The van der Waals surface area contributed by atoms with E-state index in [9.17, 15) is 5.11 Å². The van der Waals surface area contributed by atoms with Crippen LogP contribution in [0.25, 0.3) is 0 Å². The average molecular weight is 429 g/mol. The van der Waals surface area contributed by atoms with E-state index in [-0.39, 0.29) is 5.28 Å². The SMILES string of the molecule is CCOC(C#Cc1cnc(Cl)nc1NC(C)(C)CNC(O)OC(C)(C)C)OCC. The van der Waals surface area contributed by atoms with Crippen molar-refractivity contribution in [3.63, 3.8) is 0 Å². The summed E-state index contributed by atoms with van der Waals surface area (Å²) in [4.78, 5) is 8.26. The molecule has 1 aromatic rings. The first-order valence-corrected chi connectivity index (χ1v) is 9.98. The van der Waals surface area contributed by atoms with E-state index in [0.29, 0.717) is 31.1 Å². The monoisotopic (exact) mass is 428 g/mol. The number of hydrogen-bond acceptors (Lipinski definition) is 8. The number of nitrogens with one attached hydrogen (secondary N) is 2. The molecule has 0 aromatic carbocycles. The summed E-state index contributed by atoms with van der Waals surface area (Å²) in [5.74, 6) is 6.39. The molecular formula is C20H33ClN4O4. The lowest BCUT2D eigenvalue weighted by atomic mass is 10.1. The van der Waals surface area contributed by atoms with Crippen LogP contribution in [0, 0.1) is 11.8 Å². The van der Waals surface area contributed by atoms with E-state index in [1.165, 1.54) is 0 Å². The second-order valence-corrected chi connectivity index (χ2v) is 8.22. The highest BCUT2D eigenvalue weighted by molar-refractivity contribution is 6.28. The topological polar surface area (TPSA) is 97.8 Å². The Morgan fingerprint density at radius 2 is 1.79 bits per heavy atom. The number of rotatable bonds is 10. The van der Waals surface area contributed by atoms with Crippen molar-refractivity contribution in [3.8, 4) is 11.8 Å². The van der Waals surface area contributed by atoms with Gasteiger partial charge in [-0.1, -0.05) is 5.92 Å². The highest BCUT2D eigenvalue weighted by Gasteiger charge is 2.23. The Bertz CT molecular complexity index is 692.